The number of aromatic amines is 1. The lowest BCUT2D eigenvalue weighted by Crippen LogP contribution is -2.42. The maximum atomic E-state index is 12.5. The molecule has 5 heteroatoms. The molecule has 110 valence electrons. The number of benzene rings is 1. The van der Waals surface area contributed by atoms with Crippen LogP contribution in [0.25, 0.3) is 11.3 Å². The van der Waals surface area contributed by atoms with Crippen molar-refractivity contribution in [2.24, 2.45) is 0 Å². The second-order valence-electron chi connectivity index (χ2n) is 5.52. The van der Waals surface area contributed by atoms with E-state index in [1.54, 1.807) is 0 Å². The fraction of sp³-hybridized carbons (Fsp3) is 0.375. The quantitative estimate of drug-likeness (QED) is 0.918. The van der Waals surface area contributed by atoms with Crippen molar-refractivity contribution in [2.75, 3.05) is 6.54 Å². The molecule has 2 aromatic rings. The molecule has 1 saturated heterocycles. The van der Waals surface area contributed by atoms with E-state index in [1.165, 1.54) is 6.42 Å². The largest absolute Gasteiger partial charge is 0.335 e. The van der Waals surface area contributed by atoms with Gasteiger partial charge in [0.15, 0.2) is 0 Å². The summed E-state index contributed by atoms with van der Waals surface area (Å²) in [6.45, 7) is 2.93. The van der Waals surface area contributed by atoms with E-state index in [4.69, 9.17) is 11.6 Å². The number of amides is 1. The summed E-state index contributed by atoms with van der Waals surface area (Å²) >= 11 is 5.88. The number of hydrogen-bond acceptors (Lipinski definition) is 2. The maximum Gasteiger partial charge on any atom is 0.272 e. The number of carbonyl (C=O) groups is 1. The summed E-state index contributed by atoms with van der Waals surface area (Å²) in [5.74, 6) is 0.0370. The number of halogens is 1. The molecule has 1 amide bonds. The van der Waals surface area contributed by atoms with Gasteiger partial charge in [-0.25, -0.2) is 0 Å². The molecule has 0 aliphatic carbocycles. The Kier molecular flexibility index (Phi) is 3.97. The highest BCUT2D eigenvalue weighted by atomic mass is 35.5. The van der Waals surface area contributed by atoms with Crippen molar-refractivity contribution in [3.63, 3.8) is 0 Å². The average Bonchev–Trinajstić information content (AvgIpc) is 2.98. The smallest absolute Gasteiger partial charge is 0.272 e. The summed E-state index contributed by atoms with van der Waals surface area (Å²) < 4.78 is 0. The Labute approximate surface area is 129 Å². The number of piperidine rings is 1. The van der Waals surface area contributed by atoms with Gasteiger partial charge in [-0.2, -0.15) is 5.10 Å². The van der Waals surface area contributed by atoms with Gasteiger partial charge in [0.1, 0.15) is 5.69 Å². The Morgan fingerprint density at radius 2 is 2.10 bits per heavy atom. The van der Waals surface area contributed by atoms with Crippen LogP contribution in [0.4, 0.5) is 0 Å². The van der Waals surface area contributed by atoms with Crippen LogP contribution in [0.1, 0.15) is 36.7 Å². The number of nitrogens with zero attached hydrogens (tertiary/aromatic N) is 2. The molecule has 21 heavy (non-hydrogen) atoms. The maximum absolute atomic E-state index is 12.5. The van der Waals surface area contributed by atoms with E-state index in [0.29, 0.717) is 16.8 Å². The molecule has 0 saturated carbocycles. The van der Waals surface area contributed by atoms with Crippen LogP contribution in [0.5, 0.6) is 0 Å². The third-order valence-corrected chi connectivity index (χ3v) is 4.26. The first-order valence-electron chi connectivity index (χ1n) is 7.27. The number of H-pyrrole nitrogens is 1. The number of hydrogen-bond donors (Lipinski definition) is 1. The molecule has 1 N–H and O–H groups in total. The van der Waals surface area contributed by atoms with Gasteiger partial charge in [0.25, 0.3) is 5.91 Å². The SMILES string of the molecule is C[C@H]1CCCCN1C(=O)c1cc(-c2ccc(Cl)cc2)n[nH]1. The van der Waals surface area contributed by atoms with Crippen molar-refractivity contribution in [1.82, 2.24) is 15.1 Å². The predicted molar refractivity (Wildman–Crippen MR) is 83.4 cm³/mol. The van der Waals surface area contributed by atoms with Crippen molar-refractivity contribution < 1.29 is 4.79 Å². The first-order valence-corrected chi connectivity index (χ1v) is 7.65. The highest BCUT2D eigenvalue weighted by molar-refractivity contribution is 6.30. The molecule has 0 unspecified atom stereocenters. The normalized spacial score (nSPS) is 18.8. The van der Waals surface area contributed by atoms with E-state index in [2.05, 4.69) is 17.1 Å². The number of carbonyl (C=O) groups excluding carboxylic acids is 1. The van der Waals surface area contributed by atoms with Crippen LogP contribution in [0, 0.1) is 0 Å². The standard InChI is InChI=1S/C16H18ClN3O/c1-11-4-2-3-9-20(11)16(21)15-10-14(18-19-15)12-5-7-13(17)8-6-12/h5-8,10-11H,2-4,9H2,1H3,(H,18,19)/t11-/m0/s1. The molecule has 1 aromatic carbocycles. The van der Waals surface area contributed by atoms with E-state index in [9.17, 15) is 4.79 Å². The van der Waals surface area contributed by atoms with Crippen LogP contribution in [-0.4, -0.2) is 33.6 Å². The molecule has 2 heterocycles. The van der Waals surface area contributed by atoms with Gasteiger partial charge in [0.2, 0.25) is 0 Å². The van der Waals surface area contributed by atoms with Crippen molar-refractivity contribution in [1.29, 1.82) is 0 Å². The van der Waals surface area contributed by atoms with Crippen LogP contribution in [-0.2, 0) is 0 Å². The van der Waals surface area contributed by atoms with Gasteiger partial charge >= 0.3 is 0 Å². The van der Waals surface area contributed by atoms with Crippen LogP contribution in [0.15, 0.2) is 30.3 Å². The Morgan fingerprint density at radius 1 is 1.33 bits per heavy atom. The van der Waals surface area contributed by atoms with Crippen molar-refractivity contribution in [3.05, 3.63) is 41.0 Å². The fourth-order valence-electron chi connectivity index (χ4n) is 2.75. The minimum Gasteiger partial charge on any atom is -0.335 e. The fourth-order valence-corrected chi connectivity index (χ4v) is 2.88. The Hall–Kier alpha value is -1.81. The Morgan fingerprint density at radius 3 is 2.81 bits per heavy atom. The molecule has 1 fully saturated rings. The summed E-state index contributed by atoms with van der Waals surface area (Å²) in [5.41, 5.74) is 2.26. The average molecular weight is 304 g/mol. The molecule has 1 atom stereocenters. The highest BCUT2D eigenvalue weighted by Crippen LogP contribution is 2.22. The molecular weight excluding hydrogens is 286 g/mol. The molecule has 0 bridgehead atoms. The number of likely N-dealkylation sites (tertiary alicyclic amines) is 1. The zero-order valence-electron chi connectivity index (χ0n) is 12.0. The monoisotopic (exact) mass is 303 g/mol. The van der Waals surface area contributed by atoms with Crippen LogP contribution in [0.3, 0.4) is 0 Å². The van der Waals surface area contributed by atoms with Gasteiger partial charge in [0, 0.05) is 23.2 Å². The van der Waals surface area contributed by atoms with Crippen LogP contribution in [0.2, 0.25) is 5.02 Å². The van der Waals surface area contributed by atoms with E-state index in [1.807, 2.05) is 35.2 Å². The van der Waals surface area contributed by atoms with Gasteiger partial charge < -0.3 is 4.90 Å². The van der Waals surface area contributed by atoms with Crippen molar-refractivity contribution >= 4 is 17.5 Å². The summed E-state index contributed by atoms with van der Waals surface area (Å²) in [6, 6.07) is 9.55. The first kappa shape index (κ1) is 14.1. The van der Waals surface area contributed by atoms with Gasteiger partial charge in [-0.15, -0.1) is 0 Å². The van der Waals surface area contributed by atoms with Gasteiger partial charge in [0.05, 0.1) is 5.69 Å². The summed E-state index contributed by atoms with van der Waals surface area (Å²) in [5, 5.41) is 7.79. The molecular formula is C16H18ClN3O. The summed E-state index contributed by atoms with van der Waals surface area (Å²) in [6.07, 6.45) is 3.35. The van der Waals surface area contributed by atoms with E-state index < -0.39 is 0 Å². The van der Waals surface area contributed by atoms with Gasteiger partial charge in [-0.1, -0.05) is 23.7 Å². The predicted octanol–water partition coefficient (Wildman–Crippen LogP) is 3.74. The molecule has 0 spiro atoms. The number of aromatic nitrogens is 2. The van der Waals surface area contributed by atoms with E-state index in [0.717, 1.165) is 30.6 Å². The Bertz CT molecular complexity index is 635. The molecule has 1 aliphatic heterocycles. The van der Waals surface area contributed by atoms with Crippen molar-refractivity contribution in [3.8, 4) is 11.3 Å². The van der Waals surface area contributed by atoms with Gasteiger partial charge in [-0.05, 0) is 44.4 Å². The van der Waals surface area contributed by atoms with Gasteiger partial charge in [-0.3, -0.25) is 9.89 Å². The molecule has 1 aliphatic rings. The summed E-state index contributed by atoms with van der Waals surface area (Å²) in [4.78, 5) is 14.5. The number of nitrogens with one attached hydrogen (secondary N) is 1. The first-order chi connectivity index (χ1) is 10.1. The number of rotatable bonds is 2. The Balaban J connectivity index is 1.81. The third kappa shape index (κ3) is 2.95. The van der Waals surface area contributed by atoms with E-state index >= 15 is 0 Å². The summed E-state index contributed by atoms with van der Waals surface area (Å²) in [7, 11) is 0. The lowest BCUT2D eigenvalue weighted by atomic mass is 10.0. The van der Waals surface area contributed by atoms with Crippen LogP contribution >= 0.6 is 11.6 Å². The molecule has 1 aromatic heterocycles. The second-order valence-corrected chi connectivity index (χ2v) is 5.95. The minimum absolute atomic E-state index is 0.0370. The highest BCUT2D eigenvalue weighted by Gasteiger charge is 2.25. The lowest BCUT2D eigenvalue weighted by Gasteiger charge is -2.32. The second kappa shape index (κ2) is 5.90. The zero-order valence-corrected chi connectivity index (χ0v) is 12.7. The molecule has 3 rings (SSSR count). The van der Waals surface area contributed by atoms with Crippen molar-refractivity contribution in [2.45, 2.75) is 32.2 Å². The minimum atomic E-state index is 0.0370. The molecule has 0 radical (unpaired) electrons. The topological polar surface area (TPSA) is 49.0 Å². The molecule has 4 nitrogen and oxygen atoms in total. The van der Waals surface area contributed by atoms with E-state index in [-0.39, 0.29) is 5.91 Å². The lowest BCUT2D eigenvalue weighted by molar-refractivity contribution is 0.0629. The van der Waals surface area contributed by atoms with Crippen LogP contribution < -0.4 is 0 Å². The zero-order chi connectivity index (χ0) is 14.8. The third-order valence-electron chi connectivity index (χ3n) is 4.01.